The molecule has 6 rings (SSSR count). The molecule has 0 radical (unpaired) electrons. The van der Waals surface area contributed by atoms with Crippen molar-refractivity contribution >= 4 is 44.0 Å². The number of benzene rings is 4. The van der Waals surface area contributed by atoms with E-state index in [4.69, 9.17) is 21.4 Å². The molecule has 2 atom stereocenters. The molecule has 0 spiro atoms. The summed E-state index contributed by atoms with van der Waals surface area (Å²) in [6, 6.07) is 29.0. The van der Waals surface area contributed by atoms with E-state index in [0.29, 0.717) is 5.02 Å². The van der Waals surface area contributed by atoms with Crippen LogP contribution in [0.2, 0.25) is 5.02 Å². The molecule has 152 valence electrons. The highest BCUT2D eigenvalue weighted by atomic mass is 79.9. The number of fused-ring (bicyclic) bond motifs is 4. The molecule has 0 aromatic heterocycles. The molecule has 2 aliphatic rings. The normalized spacial score (nSPS) is 19.5. The number of hydrogen-bond donors (Lipinski definition) is 0. The largest absolute Gasteiger partial charge is 0.464 e. The molecule has 0 N–H and O–H groups in total. The summed E-state index contributed by atoms with van der Waals surface area (Å²) < 4.78 is 7.47. The second-order valence-corrected chi connectivity index (χ2v) is 9.21. The van der Waals surface area contributed by atoms with E-state index in [1.54, 1.807) is 0 Å². The average molecular weight is 490 g/mol. The topological polar surface area (TPSA) is 24.8 Å². The van der Waals surface area contributed by atoms with Gasteiger partial charge in [0.25, 0.3) is 0 Å². The molecule has 0 saturated carbocycles. The second-order valence-electron chi connectivity index (χ2n) is 7.88. The Morgan fingerprint density at radius 3 is 2.55 bits per heavy atom. The van der Waals surface area contributed by atoms with Crippen LogP contribution in [0.15, 0.2) is 94.5 Å². The lowest BCUT2D eigenvalue weighted by atomic mass is 9.95. The van der Waals surface area contributed by atoms with Crippen molar-refractivity contribution in [3.8, 4) is 5.75 Å². The molecule has 5 heteroatoms. The molecule has 4 aromatic rings. The fourth-order valence-corrected chi connectivity index (χ4v) is 5.09. The van der Waals surface area contributed by atoms with Crippen LogP contribution in [0.1, 0.15) is 35.4 Å². The van der Waals surface area contributed by atoms with Gasteiger partial charge in [-0.1, -0.05) is 82.1 Å². The van der Waals surface area contributed by atoms with E-state index in [9.17, 15) is 0 Å². The van der Waals surface area contributed by atoms with Crippen molar-refractivity contribution < 1.29 is 4.74 Å². The molecule has 2 aliphatic heterocycles. The van der Waals surface area contributed by atoms with Crippen LogP contribution in [0.25, 0.3) is 10.8 Å². The number of rotatable bonds is 2. The summed E-state index contributed by atoms with van der Waals surface area (Å²) in [4.78, 5) is 0. The standard InChI is InChI=1S/C26H18BrClN2O/c27-19-11-12-25-21(14-19)24-15-23(18-10-9-16-5-1-2-6-17(16)13-18)29-30(24)26(31-25)20-7-3-4-8-22(20)28/h1-14,24,26H,15H2/t24-,26+/m1/s1. The fourth-order valence-electron chi connectivity index (χ4n) is 4.48. The Hall–Kier alpha value is -2.82. The molecular weight excluding hydrogens is 472 g/mol. The minimum Gasteiger partial charge on any atom is -0.464 e. The van der Waals surface area contributed by atoms with Gasteiger partial charge in [0, 0.05) is 27.0 Å². The monoisotopic (exact) mass is 488 g/mol. The van der Waals surface area contributed by atoms with E-state index in [1.165, 1.54) is 10.8 Å². The lowest BCUT2D eigenvalue weighted by Crippen LogP contribution is -2.33. The fraction of sp³-hybridized carbons (Fsp3) is 0.115. The van der Waals surface area contributed by atoms with Crippen molar-refractivity contribution in [2.24, 2.45) is 5.10 Å². The first-order valence-corrected chi connectivity index (χ1v) is 11.4. The molecule has 2 heterocycles. The van der Waals surface area contributed by atoms with Crippen LogP contribution in [0.4, 0.5) is 0 Å². The highest BCUT2D eigenvalue weighted by Gasteiger charge is 2.41. The van der Waals surface area contributed by atoms with E-state index < -0.39 is 0 Å². The average Bonchev–Trinajstić information content (AvgIpc) is 3.25. The van der Waals surface area contributed by atoms with Crippen LogP contribution in [-0.2, 0) is 0 Å². The maximum absolute atomic E-state index is 6.56. The van der Waals surface area contributed by atoms with E-state index in [-0.39, 0.29) is 12.3 Å². The maximum atomic E-state index is 6.56. The smallest absolute Gasteiger partial charge is 0.215 e. The molecular formula is C26H18BrClN2O. The van der Waals surface area contributed by atoms with Crippen LogP contribution < -0.4 is 4.74 Å². The lowest BCUT2D eigenvalue weighted by molar-refractivity contribution is -0.0190. The van der Waals surface area contributed by atoms with E-state index >= 15 is 0 Å². The Bertz CT molecular complexity index is 1350. The van der Waals surface area contributed by atoms with Crippen molar-refractivity contribution in [2.75, 3.05) is 0 Å². The van der Waals surface area contributed by atoms with Crippen LogP contribution in [0.3, 0.4) is 0 Å². The van der Waals surface area contributed by atoms with Crippen molar-refractivity contribution in [3.05, 3.63) is 111 Å². The van der Waals surface area contributed by atoms with Crippen LogP contribution in [0, 0.1) is 0 Å². The molecule has 0 bridgehead atoms. The Kier molecular flexibility index (Phi) is 4.51. The van der Waals surface area contributed by atoms with Gasteiger partial charge in [-0.3, -0.25) is 0 Å². The predicted octanol–water partition coefficient (Wildman–Crippen LogP) is 7.50. The third-order valence-corrected chi connectivity index (χ3v) is 6.84. The zero-order valence-corrected chi connectivity index (χ0v) is 18.8. The van der Waals surface area contributed by atoms with Crippen molar-refractivity contribution in [1.29, 1.82) is 0 Å². The summed E-state index contributed by atoms with van der Waals surface area (Å²) in [6.45, 7) is 0. The summed E-state index contributed by atoms with van der Waals surface area (Å²) in [5, 5.41) is 10.3. The maximum Gasteiger partial charge on any atom is 0.215 e. The molecule has 31 heavy (non-hydrogen) atoms. The third-order valence-electron chi connectivity index (χ3n) is 6.01. The van der Waals surface area contributed by atoms with E-state index in [0.717, 1.165) is 39.0 Å². The third kappa shape index (κ3) is 3.22. The number of ether oxygens (including phenoxy) is 1. The van der Waals surface area contributed by atoms with Gasteiger partial charge in [0.2, 0.25) is 6.23 Å². The van der Waals surface area contributed by atoms with Gasteiger partial charge in [-0.25, -0.2) is 5.01 Å². The van der Waals surface area contributed by atoms with Gasteiger partial charge in [-0.05, 0) is 46.7 Å². The molecule has 0 fully saturated rings. The van der Waals surface area contributed by atoms with Gasteiger partial charge in [0.15, 0.2) is 0 Å². The van der Waals surface area contributed by atoms with Gasteiger partial charge in [-0.15, -0.1) is 0 Å². The quantitative estimate of drug-likeness (QED) is 0.291. The predicted molar refractivity (Wildman–Crippen MR) is 129 cm³/mol. The Labute approximate surface area is 194 Å². The number of halogens is 2. The molecule has 3 nitrogen and oxygen atoms in total. The first-order chi connectivity index (χ1) is 15.2. The van der Waals surface area contributed by atoms with Crippen LogP contribution >= 0.6 is 27.5 Å². The molecule has 0 amide bonds. The highest BCUT2D eigenvalue weighted by Crippen LogP contribution is 2.49. The lowest BCUT2D eigenvalue weighted by Gasteiger charge is -2.38. The van der Waals surface area contributed by atoms with Crippen molar-refractivity contribution in [1.82, 2.24) is 5.01 Å². The van der Waals surface area contributed by atoms with Gasteiger partial charge >= 0.3 is 0 Å². The molecule has 4 aromatic carbocycles. The minimum absolute atomic E-state index is 0.0870. The van der Waals surface area contributed by atoms with Gasteiger partial charge in [0.05, 0.1) is 11.8 Å². The Morgan fingerprint density at radius 1 is 0.871 bits per heavy atom. The first kappa shape index (κ1) is 18.9. The summed E-state index contributed by atoms with van der Waals surface area (Å²) in [5.74, 6) is 0.879. The summed E-state index contributed by atoms with van der Waals surface area (Å²) >= 11 is 10.2. The summed E-state index contributed by atoms with van der Waals surface area (Å²) in [6.07, 6.45) is 0.442. The van der Waals surface area contributed by atoms with Crippen molar-refractivity contribution in [2.45, 2.75) is 18.7 Å². The van der Waals surface area contributed by atoms with Gasteiger partial charge < -0.3 is 4.74 Å². The Morgan fingerprint density at radius 2 is 1.68 bits per heavy atom. The minimum atomic E-state index is -0.370. The summed E-state index contributed by atoms with van der Waals surface area (Å²) in [7, 11) is 0. The SMILES string of the molecule is Clc1ccccc1[C@@H]1Oc2ccc(Br)cc2[C@H]2CC(c3ccc4ccccc4c3)=NN21. The molecule has 0 saturated heterocycles. The number of nitrogens with zero attached hydrogens (tertiary/aromatic N) is 2. The zero-order chi connectivity index (χ0) is 20.9. The van der Waals surface area contributed by atoms with Crippen LogP contribution in [0.5, 0.6) is 5.75 Å². The first-order valence-electron chi connectivity index (χ1n) is 10.2. The van der Waals surface area contributed by atoms with Gasteiger partial charge in [0.1, 0.15) is 5.75 Å². The number of hydrogen-bond acceptors (Lipinski definition) is 3. The van der Waals surface area contributed by atoms with Crippen molar-refractivity contribution in [3.63, 3.8) is 0 Å². The second kappa shape index (κ2) is 7.40. The summed E-state index contributed by atoms with van der Waals surface area (Å²) in [5.41, 5.74) is 4.26. The molecule has 0 unspecified atom stereocenters. The van der Waals surface area contributed by atoms with E-state index in [2.05, 4.69) is 69.5 Å². The van der Waals surface area contributed by atoms with E-state index in [1.807, 2.05) is 36.4 Å². The number of hydrazone groups is 1. The zero-order valence-electron chi connectivity index (χ0n) is 16.5. The highest BCUT2D eigenvalue weighted by molar-refractivity contribution is 9.10. The Balaban J connectivity index is 1.47. The van der Waals surface area contributed by atoms with Crippen LogP contribution in [-0.4, -0.2) is 10.7 Å². The molecule has 0 aliphatic carbocycles. The van der Waals surface area contributed by atoms with Gasteiger partial charge in [-0.2, -0.15) is 5.10 Å².